The van der Waals surface area contributed by atoms with Gasteiger partial charge in [0.25, 0.3) is 0 Å². The standard InChI is InChI=1S/C32H36FNO2/c33-15-4-16-34-19-22(20-34)17-21-9-11-23(12-10-21)30-26-14-13-25(32(35)36)18-24(26)5-3-8-29(30)31-27-6-1-2-7-28(27)31/h9-14,17-18,27-28,31H,1-8,15-16,19-20H2,(H,35,36)/t27-,28+,31?. The van der Waals surface area contributed by atoms with Gasteiger partial charge in [0.1, 0.15) is 0 Å². The Morgan fingerprint density at radius 3 is 2.44 bits per heavy atom. The van der Waals surface area contributed by atoms with Gasteiger partial charge < -0.3 is 5.11 Å². The fourth-order valence-electron chi connectivity index (χ4n) is 7.17. The Morgan fingerprint density at radius 2 is 1.75 bits per heavy atom. The third kappa shape index (κ3) is 4.56. The Labute approximate surface area is 213 Å². The number of alkyl halides is 1. The Balaban J connectivity index is 1.33. The molecule has 1 saturated heterocycles. The van der Waals surface area contributed by atoms with Crippen molar-refractivity contribution in [1.29, 1.82) is 0 Å². The van der Waals surface area contributed by atoms with Crippen molar-refractivity contribution in [1.82, 2.24) is 4.90 Å². The molecule has 1 N–H and O–H groups in total. The van der Waals surface area contributed by atoms with Gasteiger partial charge in [0.2, 0.25) is 0 Å². The Kier molecular flexibility index (Phi) is 6.55. The maximum Gasteiger partial charge on any atom is 0.335 e. The summed E-state index contributed by atoms with van der Waals surface area (Å²) in [5, 5.41) is 9.58. The molecule has 2 aromatic rings. The van der Waals surface area contributed by atoms with E-state index in [2.05, 4.69) is 41.3 Å². The molecule has 36 heavy (non-hydrogen) atoms. The topological polar surface area (TPSA) is 40.5 Å². The van der Waals surface area contributed by atoms with Gasteiger partial charge >= 0.3 is 5.97 Å². The maximum atomic E-state index is 12.4. The summed E-state index contributed by atoms with van der Waals surface area (Å²) in [6, 6.07) is 14.8. The van der Waals surface area contributed by atoms with Gasteiger partial charge in [-0.05, 0) is 102 Å². The molecule has 4 heteroatoms. The number of halogens is 1. The maximum absolute atomic E-state index is 12.4. The molecule has 2 saturated carbocycles. The van der Waals surface area contributed by atoms with E-state index in [4.69, 9.17) is 0 Å². The number of likely N-dealkylation sites (tertiary alicyclic amines) is 1. The molecule has 3 nitrogen and oxygen atoms in total. The third-order valence-corrected chi connectivity index (χ3v) is 8.93. The number of nitrogens with zero attached hydrogens (tertiary/aromatic N) is 1. The van der Waals surface area contributed by atoms with Crippen LogP contribution in [0.3, 0.4) is 0 Å². The van der Waals surface area contributed by atoms with Gasteiger partial charge in [-0.15, -0.1) is 0 Å². The SMILES string of the molecule is O=C(O)c1ccc2c(c1)CCCC(C1[C@H]3CCCC[C@@H]13)=C2c1ccc(C=C2CN(CCCF)C2)cc1. The van der Waals surface area contributed by atoms with Crippen LogP contribution in [0.4, 0.5) is 4.39 Å². The van der Waals surface area contributed by atoms with E-state index in [1.165, 1.54) is 59.1 Å². The number of aryl methyl sites for hydroxylation is 1. The van der Waals surface area contributed by atoms with Gasteiger partial charge in [-0.1, -0.05) is 54.8 Å². The van der Waals surface area contributed by atoms with Crippen LogP contribution in [0.2, 0.25) is 0 Å². The summed E-state index contributed by atoms with van der Waals surface area (Å²) in [5.41, 5.74) is 9.70. The zero-order valence-electron chi connectivity index (χ0n) is 21.0. The summed E-state index contributed by atoms with van der Waals surface area (Å²) in [6.45, 7) is 2.50. The zero-order chi connectivity index (χ0) is 24.6. The van der Waals surface area contributed by atoms with Crippen LogP contribution in [-0.4, -0.2) is 42.3 Å². The van der Waals surface area contributed by atoms with E-state index >= 15 is 0 Å². The number of benzene rings is 2. The normalized spacial score (nSPS) is 25.5. The van der Waals surface area contributed by atoms with Crippen molar-refractivity contribution in [3.05, 3.63) is 81.4 Å². The summed E-state index contributed by atoms with van der Waals surface area (Å²) >= 11 is 0. The van der Waals surface area contributed by atoms with Gasteiger partial charge in [-0.2, -0.15) is 0 Å². The molecular formula is C32H36FNO2. The minimum Gasteiger partial charge on any atom is -0.478 e. The van der Waals surface area contributed by atoms with Crippen molar-refractivity contribution in [2.45, 2.75) is 51.4 Å². The van der Waals surface area contributed by atoms with Gasteiger partial charge in [0, 0.05) is 19.6 Å². The zero-order valence-corrected chi connectivity index (χ0v) is 21.0. The molecule has 0 radical (unpaired) electrons. The van der Waals surface area contributed by atoms with Gasteiger partial charge in [0.05, 0.1) is 12.2 Å². The second-order valence-corrected chi connectivity index (χ2v) is 11.2. The first-order valence-corrected chi connectivity index (χ1v) is 13.8. The minimum absolute atomic E-state index is 0.238. The van der Waals surface area contributed by atoms with E-state index in [1.54, 1.807) is 11.6 Å². The molecular weight excluding hydrogens is 449 g/mol. The van der Waals surface area contributed by atoms with Gasteiger partial charge in [-0.25, -0.2) is 4.79 Å². The number of rotatable bonds is 7. The lowest BCUT2D eigenvalue weighted by atomic mass is 9.87. The molecule has 0 bridgehead atoms. The fraction of sp³-hybridized carbons (Fsp3) is 0.469. The molecule has 1 aliphatic heterocycles. The first kappa shape index (κ1) is 23.7. The van der Waals surface area contributed by atoms with Crippen LogP contribution in [0, 0.1) is 17.8 Å². The molecule has 4 aliphatic rings. The monoisotopic (exact) mass is 485 g/mol. The van der Waals surface area contributed by atoms with E-state index < -0.39 is 5.97 Å². The van der Waals surface area contributed by atoms with Crippen LogP contribution in [0.5, 0.6) is 0 Å². The minimum atomic E-state index is -0.849. The lowest BCUT2D eigenvalue weighted by Gasteiger charge is -2.33. The average Bonchev–Trinajstić information content (AvgIpc) is 3.62. The van der Waals surface area contributed by atoms with E-state index in [9.17, 15) is 14.3 Å². The number of carboxylic acids is 1. The van der Waals surface area contributed by atoms with E-state index in [1.807, 2.05) is 6.07 Å². The van der Waals surface area contributed by atoms with Crippen molar-refractivity contribution in [3.63, 3.8) is 0 Å². The second kappa shape index (κ2) is 9.97. The molecule has 1 unspecified atom stereocenters. The predicted molar refractivity (Wildman–Crippen MR) is 143 cm³/mol. The molecule has 0 aromatic heterocycles. The number of carboxylic acid groups (broad SMARTS) is 1. The summed E-state index contributed by atoms with van der Waals surface area (Å²) in [5.74, 6) is 1.57. The molecule has 0 amide bonds. The number of carbonyl (C=O) groups is 1. The first-order chi connectivity index (χ1) is 17.6. The van der Waals surface area contributed by atoms with Crippen molar-refractivity contribution in [2.24, 2.45) is 17.8 Å². The summed E-state index contributed by atoms with van der Waals surface area (Å²) < 4.78 is 12.4. The number of fused-ring (bicyclic) bond motifs is 2. The van der Waals surface area contributed by atoms with Crippen molar-refractivity contribution < 1.29 is 14.3 Å². The molecule has 6 rings (SSSR count). The van der Waals surface area contributed by atoms with E-state index in [0.29, 0.717) is 17.9 Å². The summed E-state index contributed by atoms with van der Waals surface area (Å²) in [6.07, 6.45) is 11.5. The Hall–Kier alpha value is -2.72. The Morgan fingerprint density at radius 1 is 1.00 bits per heavy atom. The highest BCUT2D eigenvalue weighted by Gasteiger charge is 2.52. The lowest BCUT2D eigenvalue weighted by Crippen LogP contribution is -2.40. The number of aromatic carboxylic acids is 1. The number of hydrogen-bond donors (Lipinski definition) is 1. The van der Waals surface area contributed by atoms with Crippen LogP contribution >= 0.6 is 0 Å². The predicted octanol–water partition coefficient (Wildman–Crippen LogP) is 7.02. The van der Waals surface area contributed by atoms with Crippen LogP contribution in [0.1, 0.15) is 77.6 Å². The largest absolute Gasteiger partial charge is 0.478 e. The number of hydrogen-bond acceptors (Lipinski definition) is 2. The summed E-state index contributed by atoms with van der Waals surface area (Å²) in [4.78, 5) is 14.0. The van der Waals surface area contributed by atoms with E-state index in [0.717, 1.165) is 50.7 Å². The van der Waals surface area contributed by atoms with Crippen LogP contribution in [0.15, 0.2) is 53.6 Å². The smallest absolute Gasteiger partial charge is 0.335 e. The quantitative estimate of drug-likeness (QED) is 0.458. The number of allylic oxidation sites excluding steroid dienone is 1. The molecule has 0 spiro atoms. The molecule has 3 aliphatic carbocycles. The van der Waals surface area contributed by atoms with Crippen LogP contribution < -0.4 is 0 Å². The highest BCUT2D eigenvalue weighted by molar-refractivity contribution is 5.91. The molecule has 3 fully saturated rings. The molecule has 1 heterocycles. The molecule has 188 valence electrons. The highest BCUT2D eigenvalue weighted by Crippen LogP contribution is 2.61. The lowest BCUT2D eigenvalue weighted by molar-refractivity contribution is 0.0696. The second-order valence-electron chi connectivity index (χ2n) is 11.2. The third-order valence-electron chi connectivity index (χ3n) is 8.93. The highest BCUT2D eigenvalue weighted by atomic mass is 19.1. The van der Waals surface area contributed by atoms with Crippen molar-refractivity contribution in [3.8, 4) is 0 Å². The van der Waals surface area contributed by atoms with E-state index in [-0.39, 0.29) is 6.67 Å². The van der Waals surface area contributed by atoms with Gasteiger partial charge in [-0.3, -0.25) is 9.29 Å². The van der Waals surface area contributed by atoms with Crippen LogP contribution in [-0.2, 0) is 6.42 Å². The van der Waals surface area contributed by atoms with Crippen molar-refractivity contribution in [2.75, 3.05) is 26.3 Å². The average molecular weight is 486 g/mol. The Bertz CT molecular complexity index is 1190. The van der Waals surface area contributed by atoms with Crippen molar-refractivity contribution >= 4 is 17.6 Å². The van der Waals surface area contributed by atoms with Gasteiger partial charge in [0.15, 0.2) is 0 Å². The summed E-state index contributed by atoms with van der Waals surface area (Å²) in [7, 11) is 0. The van der Waals surface area contributed by atoms with Crippen LogP contribution in [0.25, 0.3) is 11.6 Å². The molecule has 3 atom stereocenters. The fourth-order valence-corrected chi connectivity index (χ4v) is 7.17. The molecule has 2 aromatic carbocycles. The first-order valence-electron chi connectivity index (χ1n) is 13.8.